The Balaban J connectivity index is 1.27. The van der Waals surface area contributed by atoms with Crippen LogP contribution in [0.15, 0.2) is 66.7 Å². The molecule has 0 radical (unpaired) electrons. The molecule has 38 heavy (non-hydrogen) atoms. The van der Waals surface area contributed by atoms with Gasteiger partial charge in [0, 0.05) is 16.3 Å². The van der Waals surface area contributed by atoms with Crippen LogP contribution in [0.3, 0.4) is 0 Å². The highest BCUT2D eigenvalue weighted by molar-refractivity contribution is 6.30. The summed E-state index contributed by atoms with van der Waals surface area (Å²) < 4.78 is 0. The standard InChI is InChI=1S/C28H29ClN6O3/c1-3-22(19-11-17(2)12-20(29)13-19)35-26(36)16-30-27(37)18-7-6-8-21(14-18)32-28(38)31-15-25-33-23-9-4-5-10-24(23)34-25/h4-14,22H,3,15-16H2,1-2H3,(H,30,37)(H,33,34)(H,35,36)(H2,31,32,38). The summed E-state index contributed by atoms with van der Waals surface area (Å²) >= 11 is 6.16. The number of nitrogens with one attached hydrogen (secondary N) is 5. The lowest BCUT2D eigenvalue weighted by Crippen LogP contribution is -2.38. The normalized spacial score (nSPS) is 11.6. The number of anilines is 1. The molecule has 9 nitrogen and oxygen atoms in total. The van der Waals surface area contributed by atoms with Crippen molar-refractivity contribution in [3.63, 3.8) is 0 Å². The number of rotatable bonds is 9. The third kappa shape index (κ3) is 7.10. The maximum atomic E-state index is 12.6. The Morgan fingerprint density at radius 1 is 1.00 bits per heavy atom. The number of hydrogen-bond acceptors (Lipinski definition) is 4. The van der Waals surface area contributed by atoms with E-state index in [-0.39, 0.29) is 25.0 Å². The molecule has 5 N–H and O–H groups in total. The molecule has 0 bridgehead atoms. The summed E-state index contributed by atoms with van der Waals surface area (Å²) in [6.07, 6.45) is 0.672. The van der Waals surface area contributed by atoms with Crippen LogP contribution in [0.2, 0.25) is 5.02 Å². The van der Waals surface area contributed by atoms with Crippen LogP contribution < -0.4 is 21.3 Å². The van der Waals surface area contributed by atoms with Crippen molar-refractivity contribution < 1.29 is 14.4 Å². The van der Waals surface area contributed by atoms with Gasteiger partial charge in [-0.2, -0.15) is 0 Å². The van der Waals surface area contributed by atoms with E-state index in [1.165, 1.54) is 6.07 Å². The molecular weight excluding hydrogens is 504 g/mol. The number of amides is 4. The van der Waals surface area contributed by atoms with Gasteiger partial charge in [0.25, 0.3) is 5.91 Å². The van der Waals surface area contributed by atoms with E-state index in [0.717, 1.165) is 22.2 Å². The second-order valence-corrected chi connectivity index (χ2v) is 9.30. The van der Waals surface area contributed by atoms with Crippen molar-refractivity contribution in [3.05, 3.63) is 94.3 Å². The fourth-order valence-corrected chi connectivity index (χ4v) is 4.36. The molecule has 1 heterocycles. The molecule has 10 heteroatoms. The SMILES string of the molecule is CCC(NC(=O)CNC(=O)c1cccc(NC(=O)NCc2nc3ccccc3[nH]2)c1)c1cc(C)cc(Cl)c1. The number of halogens is 1. The zero-order valence-electron chi connectivity index (χ0n) is 21.1. The number of aromatic amines is 1. The van der Waals surface area contributed by atoms with Crippen molar-refractivity contribution in [1.82, 2.24) is 25.9 Å². The lowest BCUT2D eigenvalue weighted by molar-refractivity contribution is -0.120. The van der Waals surface area contributed by atoms with Crippen LogP contribution in [0.4, 0.5) is 10.5 Å². The van der Waals surface area contributed by atoms with Crippen molar-refractivity contribution in [2.45, 2.75) is 32.9 Å². The molecule has 3 aromatic carbocycles. The van der Waals surface area contributed by atoms with Gasteiger partial charge in [-0.3, -0.25) is 9.59 Å². The lowest BCUT2D eigenvalue weighted by Gasteiger charge is -2.18. The molecule has 4 amide bonds. The van der Waals surface area contributed by atoms with E-state index in [1.54, 1.807) is 18.2 Å². The molecule has 0 aliphatic rings. The summed E-state index contributed by atoms with van der Waals surface area (Å²) in [5, 5.41) is 11.6. The number of fused-ring (bicyclic) bond motifs is 1. The first kappa shape index (κ1) is 26.7. The van der Waals surface area contributed by atoms with E-state index in [0.29, 0.717) is 28.5 Å². The number of H-pyrrole nitrogens is 1. The minimum Gasteiger partial charge on any atom is -0.348 e. The topological polar surface area (TPSA) is 128 Å². The minimum atomic E-state index is -0.441. The summed E-state index contributed by atoms with van der Waals surface area (Å²) in [4.78, 5) is 45.1. The average Bonchev–Trinajstić information content (AvgIpc) is 3.32. The number of urea groups is 1. The molecular formula is C28H29ClN6O3. The molecule has 1 unspecified atom stereocenters. The third-order valence-electron chi connectivity index (χ3n) is 5.86. The van der Waals surface area contributed by atoms with E-state index in [9.17, 15) is 14.4 Å². The van der Waals surface area contributed by atoms with Gasteiger partial charge in [0.05, 0.1) is 30.2 Å². The van der Waals surface area contributed by atoms with E-state index in [2.05, 4.69) is 31.2 Å². The number of para-hydroxylation sites is 2. The monoisotopic (exact) mass is 532 g/mol. The molecule has 196 valence electrons. The Bertz CT molecular complexity index is 1410. The predicted molar refractivity (Wildman–Crippen MR) is 148 cm³/mol. The van der Waals surface area contributed by atoms with Gasteiger partial charge in [0.15, 0.2) is 0 Å². The largest absolute Gasteiger partial charge is 0.348 e. The smallest absolute Gasteiger partial charge is 0.319 e. The second kappa shape index (κ2) is 12.2. The van der Waals surface area contributed by atoms with Crippen molar-refractivity contribution in [2.75, 3.05) is 11.9 Å². The van der Waals surface area contributed by atoms with E-state index in [4.69, 9.17) is 11.6 Å². The molecule has 0 aliphatic heterocycles. The van der Waals surface area contributed by atoms with Gasteiger partial charge >= 0.3 is 6.03 Å². The van der Waals surface area contributed by atoms with Gasteiger partial charge in [-0.1, -0.05) is 42.8 Å². The maximum absolute atomic E-state index is 12.6. The summed E-state index contributed by atoms with van der Waals surface area (Å²) in [5.74, 6) is -0.122. The van der Waals surface area contributed by atoms with Crippen molar-refractivity contribution in [1.29, 1.82) is 0 Å². The number of benzene rings is 3. The van der Waals surface area contributed by atoms with Crippen LogP contribution >= 0.6 is 11.6 Å². The Morgan fingerprint density at radius 3 is 2.58 bits per heavy atom. The summed E-state index contributed by atoms with van der Waals surface area (Å²) in [6.45, 7) is 3.93. The first-order valence-corrected chi connectivity index (χ1v) is 12.6. The fraction of sp³-hybridized carbons (Fsp3) is 0.214. The highest BCUT2D eigenvalue weighted by atomic mass is 35.5. The molecule has 0 saturated heterocycles. The van der Waals surface area contributed by atoms with Gasteiger partial charge in [0.2, 0.25) is 5.91 Å². The summed E-state index contributed by atoms with van der Waals surface area (Å²) in [7, 11) is 0. The Kier molecular flexibility index (Phi) is 8.60. The van der Waals surface area contributed by atoms with Crippen LogP contribution in [0, 0.1) is 6.92 Å². The number of imidazole rings is 1. The van der Waals surface area contributed by atoms with Crippen molar-refractivity contribution in [2.24, 2.45) is 0 Å². The predicted octanol–water partition coefficient (Wildman–Crippen LogP) is 4.84. The van der Waals surface area contributed by atoms with Crippen LogP contribution in [0.25, 0.3) is 11.0 Å². The summed E-state index contributed by atoms with van der Waals surface area (Å²) in [5.41, 5.74) is 4.38. The van der Waals surface area contributed by atoms with Crippen LogP contribution in [0.1, 0.15) is 46.7 Å². The third-order valence-corrected chi connectivity index (χ3v) is 6.08. The molecule has 1 atom stereocenters. The maximum Gasteiger partial charge on any atom is 0.319 e. The van der Waals surface area contributed by atoms with E-state index < -0.39 is 11.9 Å². The van der Waals surface area contributed by atoms with E-state index >= 15 is 0 Å². The second-order valence-electron chi connectivity index (χ2n) is 8.86. The molecule has 4 rings (SSSR count). The first-order valence-electron chi connectivity index (χ1n) is 12.2. The number of aromatic nitrogens is 2. The van der Waals surface area contributed by atoms with Gasteiger partial charge in [-0.15, -0.1) is 0 Å². The van der Waals surface area contributed by atoms with Gasteiger partial charge < -0.3 is 26.3 Å². The zero-order chi connectivity index (χ0) is 27.1. The highest BCUT2D eigenvalue weighted by Gasteiger charge is 2.15. The first-order chi connectivity index (χ1) is 18.3. The van der Waals surface area contributed by atoms with Crippen LogP contribution in [0.5, 0.6) is 0 Å². The number of carbonyl (C=O) groups is 3. The zero-order valence-corrected chi connectivity index (χ0v) is 21.9. The van der Waals surface area contributed by atoms with Gasteiger partial charge in [-0.25, -0.2) is 9.78 Å². The van der Waals surface area contributed by atoms with Crippen LogP contribution in [-0.4, -0.2) is 34.4 Å². The van der Waals surface area contributed by atoms with Crippen molar-refractivity contribution in [3.8, 4) is 0 Å². The molecule has 4 aromatic rings. The minimum absolute atomic E-state index is 0.190. The van der Waals surface area contributed by atoms with Gasteiger partial charge in [-0.05, 0) is 66.9 Å². The quantitative estimate of drug-likeness (QED) is 0.211. The van der Waals surface area contributed by atoms with Crippen molar-refractivity contribution >= 4 is 46.2 Å². The van der Waals surface area contributed by atoms with Crippen LogP contribution in [-0.2, 0) is 11.3 Å². The number of hydrogen-bond donors (Lipinski definition) is 5. The Labute approximate surface area is 225 Å². The molecule has 0 saturated carbocycles. The lowest BCUT2D eigenvalue weighted by atomic mass is 10.0. The molecule has 1 aromatic heterocycles. The number of nitrogens with zero attached hydrogens (tertiary/aromatic N) is 1. The summed E-state index contributed by atoms with van der Waals surface area (Å²) in [6, 6.07) is 19.1. The number of aryl methyl sites for hydroxylation is 1. The van der Waals surface area contributed by atoms with Gasteiger partial charge in [0.1, 0.15) is 5.82 Å². The Morgan fingerprint density at radius 2 is 1.82 bits per heavy atom. The molecule has 0 aliphatic carbocycles. The average molecular weight is 533 g/mol. The Hall–Kier alpha value is -4.37. The number of carbonyl (C=O) groups excluding carboxylic acids is 3. The van der Waals surface area contributed by atoms with E-state index in [1.807, 2.05) is 56.3 Å². The molecule has 0 spiro atoms. The molecule has 0 fully saturated rings. The fourth-order valence-electron chi connectivity index (χ4n) is 4.06. The highest BCUT2D eigenvalue weighted by Crippen LogP contribution is 2.22.